The van der Waals surface area contributed by atoms with Crippen molar-refractivity contribution in [3.8, 4) is 6.07 Å². The number of carbonyl (C=O) groups excluding carboxylic acids is 3. The molecule has 0 radical (unpaired) electrons. The third-order valence-corrected chi connectivity index (χ3v) is 7.65. The Hall–Kier alpha value is -3.21. The number of non-ortho nitro benzene ring substituents is 1. The second-order valence-electron chi connectivity index (χ2n) is 6.75. The molecule has 0 aliphatic carbocycles. The lowest BCUT2D eigenvalue weighted by Crippen LogP contribution is -2.70. The topological polar surface area (TPSA) is 143 Å². The number of nitro groups is 1. The van der Waals surface area contributed by atoms with Crippen molar-refractivity contribution < 1.29 is 24.0 Å². The van der Waals surface area contributed by atoms with Crippen LogP contribution in [0, 0.1) is 21.4 Å². The predicted molar refractivity (Wildman–Crippen MR) is 130 cm³/mol. The van der Waals surface area contributed by atoms with Crippen LogP contribution >= 0.6 is 35.3 Å². The molecule has 1 N–H and O–H groups in total. The molecule has 10 nitrogen and oxygen atoms in total. The van der Waals surface area contributed by atoms with Gasteiger partial charge in [0.2, 0.25) is 5.91 Å². The van der Waals surface area contributed by atoms with Gasteiger partial charge in [0.25, 0.3) is 11.6 Å². The Bertz CT molecular complexity index is 1110. The minimum atomic E-state index is -0.772. The van der Waals surface area contributed by atoms with Crippen LogP contribution in [0.5, 0.6) is 0 Å². The monoisotopic (exact) mass is 518 g/mol. The van der Waals surface area contributed by atoms with Gasteiger partial charge in [0.15, 0.2) is 0 Å². The number of hydrogen-bond donors (Lipinski definition) is 1. The Morgan fingerprint density at radius 2 is 2.15 bits per heavy atom. The number of thioether (sulfide) groups is 3. The van der Waals surface area contributed by atoms with Crippen LogP contribution in [0.25, 0.3) is 0 Å². The first-order valence-electron chi connectivity index (χ1n) is 9.68. The maximum atomic E-state index is 12.9. The Balaban J connectivity index is 1.67. The van der Waals surface area contributed by atoms with Gasteiger partial charge in [-0.05, 0) is 28.5 Å². The summed E-state index contributed by atoms with van der Waals surface area (Å²) in [6, 6.07) is 6.66. The van der Waals surface area contributed by atoms with Gasteiger partial charge < -0.3 is 10.1 Å². The SMILES string of the molecule is C=CSC1=C(C(=O)OCc2ccc([N+](=O)[O-])cc2)N2C(=O)C(NC(=O)CS/C=C\C#N)[C@H]2SC1. The smallest absolute Gasteiger partial charge is 0.356 e. The lowest BCUT2D eigenvalue weighted by atomic mass is 10.1. The molecular weight excluding hydrogens is 500 g/mol. The van der Waals surface area contributed by atoms with Gasteiger partial charge in [-0.3, -0.25) is 24.6 Å². The van der Waals surface area contributed by atoms with Gasteiger partial charge in [-0.2, -0.15) is 5.26 Å². The summed E-state index contributed by atoms with van der Waals surface area (Å²) in [4.78, 5) is 50.1. The Morgan fingerprint density at radius 1 is 1.41 bits per heavy atom. The molecule has 34 heavy (non-hydrogen) atoms. The lowest BCUT2D eigenvalue weighted by molar-refractivity contribution is -0.384. The van der Waals surface area contributed by atoms with Crippen molar-refractivity contribution in [2.75, 3.05) is 11.5 Å². The van der Waals surface area contributed by atoms with Crippen molar-refractivity contribution in [3.63, 3.8) is 0 Å². The molecule has 1 aromatic carbocycles. The molecule has 0 bridgehead atoms. The number of rotatable bonds is 10. The highest BCUT2D eigenvalue weighted by atomic mass is 32.2. The molecule has 3 rings (SSSR count). The normalized spacial score (nSPS) is 19.1. The van der Waals surface area contributed by atoms with Crippen LogP contribution in [-0.4, -0.2) is 50.5 Å². The van der Waals surface area contributed by atoms with Crippen molar-refractivity contribution in [2.24, 2.45) is 0 Å². The van der Waals surface area contributed by atoms with Crippen molar-refractivity contribution >= 4 is 58.8 Å². The molecule has 2 atom stereocenters. The third-order valence-electron chi connectivity index (χ3n) is 4.64. The fourth-order valence-electron chi connectivity index (χ4n) is 3.12. The second-order valence-corrected chi connectivity index (χ2v) is 9.81. The van der Waals surface area contributed by atoms with E-state index in [0.29, 0.717) is 16.2 Å². The number of nitro benzene ring substituents is 1. The summed E-state index contributed by atoms with van der Waals surface area (Å²) < 4.78 is 5.40. The minimum Gasteiger partial charge on any atom is -0.456 e. The van der Waals surface area contributed by atoms with Crippen molar-refractivity contribution in [1.29, 1.82) is 5.26 Å². The maximum Gasteiger partial charge on any atom is 0.356 e. The van der Waals surface area contributed by atoms with Gasteiger partial charge in [-0.25, -0.2) is 4.79 Å². The molecule has 13 heteroatoms. The van der Waals surface area contributed by atoms with Crippen LogP contribution in [0.1, 0.15) is 5.56 Å². The summed E-state index contributed by atoms with van der Waals surface area (Å²) in [5.41, 5.74) is 0.591. The highest BCUT2D eigenvalue weighted by molar-refractivity contribution is 8.08. The van der Waals surface area contributed by atoms with Gasteiger partial charge in [-0.15, -0.1) is 23.5 Å². The van der Waals surface area contributed by atoms with Gasteiger partial charge in [-0.1, -0.05) is 18.3 Å². The molecule has 0 spiro atoms. The zero-order valence-electron chi connectivity index (χ0n) is 17.5. The molecule has 2 aliphatic rings. The number of carbonyl (C=O) groups is 3. The summed E-state index contributed by atoms with van der Waals surface area (Å²) in [6.07, 6.45) is 1.25. The zero-order valence-corrected chi connectivity index (χ0v) is 20.0. The van der Waals surface area contributed by atoms with E-state index in [-0.39, 0.29) is 29.7 Å². The highest BCUT2D eigenvalue weighted by Gasteiger charge is 2.54. The van der Waals surface area contributed by atoms with E-state index in [1.165, 1.54) is 64.2 Å². The van der Waals surface area contributed by atoms with Crippen LogP contribution < -0.4 is 5.32 Å². The first kappa shape index (κ1) is 25.4. The van der Waals surface area contributed by atoms with Crippen molar-refractivity contribution in [2.45, 2.75) is 18.0 Å². The number of esters is 1. The number of nitrogens with one attached hydrogen (secondary N) is 1. The molecule has 2 aliphatic heterocycles. The third kappa shape index (κ3) is 5.82. The number of nitrogens with zero attached hydrogens (tertiary/aromatic N) is 3. The van der Waals surface area contributed by atoms with Gasteiger partial charge >= 0.3 is 5.97 Å². The van der Waals surface area contributed by atoms with E-state index < -0.39 is 28.2 Å². The number of allylic oxidation sites excluding steroid dienone is 1. The van der Waals surface area contributed by atoms with E-state index in [1.54, 1.807) is 5.41 Å². The average molecular weight is 519 g/mol. The molecule has 1 fully saturated rings. The number of hydrogen-bond acceptors (Lipinski definition) is 10. The van der Waals surface area contributed by atoms with Crippen molar-refractivity contribution in [1.82, 2.24) is 10.2 Å². The Morgan fingerprint density at radius 3 is 2.79 bits per heavy atom. The molecule has 0 saturated carbocycles. The molecule has 176 valence electrons. The fraction of sp³-hybridized carbons (Fsp3) is 0.238. The second kappa shape index (κ2) is 11.8. The predicted octanol–water partition coefficient (Wildman–Crippen LogP) is 2.90. The summed E-state index contributed by atoms with van der Waals surface area (Å²) in [5, 5.41) is 24.5. The number of benzene rings is 1. The van der Waals surface area contributed by atoms with Crippen LogP contribution in [-0.2, 0) is 25.7 Å². The number of nitriles is 1. The minimum absolute atomic E-state index is 0.0525. The van der Waals surface area contributed by atoms with E-state index in [0.717, 1.165) is 11.8 Å². The Kier molecular flexibility index (Phi) is 8.80. The number of ether oxygens (including phenoxy) is 1. The summed E-state index contributed by atoms with van der Waals surface area (Å²) in [5.74, 6) is -1.00. The Labute approximate surface area is 207 Å². The molecular formula is C21H18N4O6S3. The van der Waals surface area contributed by atoms with E-state index in [2.05, 4.69) is 11.9 Å². The fourth-order valence-corrected chi connectivity index (χ4v) is 5.77. The number of β-lactam (4-membered cyclic amide) rings is 1. The van der Waals surface area contributed by atoms with Crippen LogP contribution in [0.15, 0.2) is 58.3 Å². The van der Waals surface area contributed by atoms with E-state index >= 15 is 0 Å². The van der Waals surface area contributed by atoms with E-state index in [1.807, 2.05) is 6.07 Å². The molecule has 0 aromatic heterocycles. The van der Waals surface area contributed by atoms with E-state index in [4.69, 9.17) is 10.00 Å². The largest absolute Gasteiger partial charge is 0.456 e. The molecule has 1 aromatic rings. The molecule has 1 unspecified atom stereocenters. The average Bonchev–Trinajstić information content (AvgIpc) is 2.83. The number of fused-ring (bicyclic) bond motifs is 1. The standard InChI is InChI=1S/C21H18N4O6S3/c1-2-33-15-11-34-20-17(23-16(26)12-32-9-3-8-22)19(27)24(20)18(15)21(28)31-10-13-4-6-14(7-5-13)25(29)30/h2-7,9,17,20H,1,10-12H2,(H,23,26)/b9-3-/t17?,20-/m1/s1. The summed E-state index contributed by atoms with van der Waals surface area (Å²) >= 11 is 3.76. The maximum absolute atomic E-state index is 12.9. The van der Waals surface area contributed by atoms with Gasteiger partial charge in [0.05, 0.1) is 16.7 Å². The van der Waals surface area contributed by atoms with Gasteiger partial charge in [0, 0.05) is 28.9 Å². The first-order chi connectivity index (χ1) is 16.4. The molecule has 2 amide bonds. The lowest BCUT2D eigenvalue weighted by Gasteiger charge is -2.49. The van der Waals surface area contributed by atoms with Crippen molar-refractivity contribution in [3.05, 3.63) is 74.0 Å². The number of amides is 2. The van der Waals surface area contributed by atoms with Crippen LogP contribution in [0.2, 0.25) is 0 Å². The summed E-state index contributed by atoms with van der Waals surface area (Å²) in [6.45, 7) is 3.54. The quantitative estimate of drug-likeness (QED) is 0.161. The highest BCUT2D eigenvalue weighted by Crippen LogP contribution is 2.44. The first-order valence-corrected chi connectivity index (χ1v) is 12.7. The molecule has 2 heterocycles. The van der Waals surface area contributed by atoms with Gasteiger partial charge in [0.1, 0.15) is 23.7 Å². The van der Waals surface area contributed by atoms with Crippen LogP contribution in [0.3, 0.4) is 0 Å². The van der Waals surface area contributed by atoms with Crippen LogP contribution in [0.4, 0.5) is 5.69 Å². The van der Waals surface area contributed by atoms with E-state index in [9.17, 15) is 24.5 Å². The zero-order chi connectivity index (χ0) is 24.7. The summed E-state index contributed by atoms with van der Waals surface area (Å²) in [7, 11) is 0. The molecule has 1 saturated heterocycles.